The Kier molecular flexibility index (Phi) is 4.06. The van der Waals surface area contributed by atoms with Crippen molar-refractivity contribution in [1.29, 1.82) is 0 Å². The van der Waals surface area contributed by atoms with E-state index in [2.05, 4.69) is 24.0 Å². The third-order valence-electron chi connectivity index (χ3n) is 2.47. The predicted octanol–water partition coefficient (Wildman–Crippen LogP) is 2.90. The summed E-state index contributed by atoms with van der Waals surface area (Å²) in [5.41, 5.74) is 8.81. The molecule has 0 amide bonds. The highest BCUT2D eigenvalue weighted by Gasteiger charge is 2.14. The zero-order valence-electron chi connectivity index (χ0n) is 10.3. The molecule has 0 saturated carbocycles. The number of thiazole rings is 1. The van der Waals surface area contributed by atoms with E-state index in [4.69, 9.17) is 22.7 Å². The molecule has 5 heteroatoms. The van der Waals surface area contributed by atoms with Gasteiger partial charge in [-0.3, -0.25) is 0 Å². The molecule has 0 bridgehead atoms. The maximum atomic E-state index is 5.71. The molecule has 0 saturated heterocycles. The summed E-state index contributed by atoms with van der Waals surface area (Å²) >= 11 is 6.56. The van der Waals surface area contributed by atoms with Gasteiger partial charge in [0.1, 0.15) is 10.00 Å². The monoisotopic (exact) mass is 278 g/mol. The first kappa shape index (κ1) is 13.1. The normalized spacial score (nSPS) is 10.6. The van der Waals surface area contributed by atoms with Crippen LogP contribution >= 0.6 is 23.6 Å². The van der Waals surface area contributed by atoms with Crippen LogP contribution in [0.4, 0.5) is 0 Å². The van der Waals surface area contributed by atoms with Crippen LogP contribution in [0, 0.1) is 6.92 Å². The summed E-state index contributed by atoms with van der Waals surface area (Å²) in [4.78, 5) is 5.77. The summed E-state index contributed by atoms with van der Waals surface area (Å²) in [6.45, 7) is 2.48. The highest BCUT2D eigenvalue weighted by molar-refractivity contribution is 7.81. The van der Waals surface area contributed by atoms with Gasteiger partial charge in [0, 0.05) is 12.7 Å². The van der Waals surface area contributed by atoms with Gasteiger partial charge < -0.3 is 10.5 Å². The van der Waals surface area contributed by atoms with Crippen LogP contribution in [0.25, 0.3) is 10.6 Å². The first-order valence-electron chi connectivity index (χ1n) is 5.47. The van der Waals surface area contributed by atoms with Crippen molar-refractivity contribution < 1.29 is 4.74 Å². The average Bonchev–Trinajstić information content (AvgIpc) is 2.74. The fourth-order valence-corrected chi connectivity index (χ4v) is 2.84. The van der Waals surface area contributed by atoms with Gasteiger partial charge in [-0.05, 0) is 13.0 Å². The molecule has 94 valence electrons. The Bertz CT molecular complexity index is 578. The van der Waals surface area contributed by atoms with E-state index < -0.39 is 0 Å². The number of aromatic nitrogens is 1. The van der Waals surface area contributed by atoms with Crippen molar-refractivity contribution in [2.75, 3.05) is 7.11 Å². The van der Waals surface area contributed by atoms with E-state index in [0.29, 0.717) is 11.6 Å². The molecule has 2 aromatic rings. The van der Waals surface area contributed by atoms with Crippen molar-refractivity contribution in [2.45, 2.75) is 13.5 Å². The molecule has 0 atom stereocenters. The number of nitrogens with two attached hydrogens (primary N) is 1. The Labute approximate surface area is 116 Å². The first-order chi connectivity index (χ1) is 8.61. The van der Waals surface area contributed by atoms with Gasteiger partial charge in [0.05, 0.1) is 17.2 Å². The quantitative estimate of drug-likeness (QED) is 0.874. The minimum atomic E-state index is 0.374. The molecule has 2 N–H and O–H groups in total. The number of hydrogen-bond donors (Lipinski definition) is 1. The van der Waals surface area contributed by atoms with Crippen molar-refractivity contribution in [1.82, 2.24) is 4.98 Å². The number of methoxy groups -OCH3 is 1. The van der Waals surface area contributed by atoms with Crippen LogP contribution in [-0.4, -0.2) is 17.1 Å². The van der Waals surface area contributed by atoms with Gasteiger partial charge in [-0.15, -0.1) is 11.3 Å². The maximum absolute atomic E-state index is 5.71. The molecular weight excluding hydrogens is 264 g/mol. The van der Waals surface area contributed by atoms with Crippen molar-refractivity contribution >= 4 is 28.5 Å². The van der Waals surface area contributed by atoms with E-state index in [1.807, 2.05) is 12.1 Å². The molecular formula is C13H14N2OS2. The molecule has 18 heavy (non-hydrogen) atoms. The van der Waals surface area contributed by atoms with Crippen LogP contribution in [0.5, 0.6) is 0 Å². The van der Waals surface area contributed by atoms with E-state index in [-0.39, 0.29) is 0 Å². The number of hydrogen-bond acceptors (Lipinski definition) is 4. The highest BCUT2D eigenvalue weighted by atomic mass is 32.1. The lowest BCUT2D eigenvalue weighted by Crippen LogP contribution is -2.10. The van der Waals surface area contributed by atoms with E-state index in [0.717, 1.165) is 21.1 Å². The number of ether oxygens (including phenoxy) is 1. The van der Waals surface area contributed by atoms with Gasteiger partial charge in [0.25, 0.3) is 0 Å². The summed E-state index contributed by atoms with van der Waals surface area (Å²) in [7, 11) is 1.63. The minimum Gasteiger partial charge on any atom is -0.389 e. The van der Waals surface area contributed by atoms with Crippen LogP contribution in [0.1, 0.15) is 16.1 Å². The summed E-state index contributed by atoms with van der Waals surface area (Å²) in [6, 6.07) is 8.20. The molecule has 0 radical (unpaired) electrons. The van der Waals surface area contributed by atoms with Crippen molar-refractivity contribution in [3.63, 3.8) is 0 Å². The van der Waals surface area contributed by atoms with E-state index in [1.54, 1.807) is 7.11 Å². The molecule has 0 aliphatic heterocycles. The van der Waals surface area contributed by atoms with Crippen LogP contribution in [-0.2, 0) is 11.3 Å². The van der Waals surface area contributed by atoms with E-state index in [9.17, 15) is 0 Å². The lowest BCUT2D eigenvalue weighted by Gasteiger charge is -1.97. The average molecular weight is 278 g/mol. The molecule has 1 heterocycles. The smallest absolute Gasteiger partial charge is 0.124 e. The topological polar surface area (TPSA) is 48.1 Å². The van der Waals surface area contributed by atoms with Crippen LogP contribution in [0.2, 0.25) is 0 Å². The third kappa shape index (κ3) is 2.75. The Balaban J connectivity index is 2.46. The molecule has 0 unspecified atom stereocenters. The molecule has 0 aliphatic rings. The Hall–Kier alpha value is -1.30. The second kappa shape index (κ2) is 5.56. The number of benzene rings is 1. The molecule has 0 aliphatic carbocycles. The van der Waals surface area contributed by atoms with Crippen LogP contribution in [0.3, 0.4) is 0 Å². The Morgan fingerprint density at radius 1 is 1.50 bits per heavy atom. The van der Waals surface area contributed by atoms with Crippen LogP contribution < -0.4 is 5.73 Å². The summed E-state index contributed by atoms with van der Waals surface area (Å²) < 4.78 is 5.12. The van der Waals surface area contributed by atoms with Gasteiger partial charge in [-0.25, -0.2) is 4.98 Å². The predicted molar refractivity (Wildman–Crippen MR) is 78.9 cm³/mol. The summed E-state index contributed by atoms with van der Waals surface area (Å²) in [6.07, 6.45) is 0. The number of rotatable bonds is 4. The largest absolute Gasteiger partial charge is 0.389 e. The third-order valence-corrected chi connectivity index (χ3v) is 3.98. The van der Waals surface area contributed by atoms with Crippen LogP contribution in [0.15, 0.2) is 24.3 Å². The molecule has 2 rings (SSSR count). The molecule has 0 spiro atoms. The van der Waals surface area contributed by atoms with Gasteiger partial charge in [0.2, 0.25) is 0 Å². The van der Waals surface area contributed by atoms with Crippen molar-refractivity contribution in [2.24, 2.45) is 5.73 Å². The number of nitrogens with zero attached hydrogens (tertiary/aromatic N) is 1. The van der Waals surface area contributed by atoms with Crippen molar-refractivity contribution in [3.05, 3.63) is 40.4 Å². The number of thiocarbonyl (C=S) groups is 1. The van der Waals surface area contributed by atoms with Gasteiger partial charge in [-0.1, -0.05) is 36.0 Å². The lowest BCUT2D eigenvalue weighted by atomic mass is 10.1. The Morgan fingerprint density at radius 3 is 2.89 bits per heavy atom. The second-order valence-electron chi connectivity index (χ2n) is 3.96. The fourth-order valence-electron chi connectivity index (χ4n) is 1.68. The Morgan fingerprint density at radius 2 is 2.28 bits per heavy atom. The zero-order chi connectivity index (χ0) is 13.1. The SMILES string of the molecule is COCc1nc(-c2cccc(C)c2)sc1C(N)=S. The van der Waals surface area contributed by atoms with Gasteiger partial charge in [-0.2, -0.15) is 0 Å². The number of aryl methyl sites for hydroxylation is 1. The minimum absolute atomic E-state index is 0.374. The van der Waals surface area contributed by atoms with E-state index >= 15 is 0 Å². The van der Waals surface area contributed by atoms with Gasteiger partial charge >= 0.3 is 0 Å². The zero-order valence-corrected chi connectivity index (χ0v) is 11.9. The van der Waals surface area contributed by atoms with Crippen molar-refractivity contribution in [3.8, 4) is 10.6 Å². The molecule has 3 nitrogen and oxygen atoms in total. The lowest BCUT2D eigenvalue weighted by molar-refractivity contribution is 0.182. The molecule has 0 fully saturated rings. The first-order valence-corrected chi connectivity index (χ1v) is 6.69. The fraction of sp³-hybridized carbons (Fsp3) is 0.231. The highest BCUT2D eigenvalue weighted by Crippen LogP contribution is 2.29. The molecule has 1 aromatic carbocycles. The summed E-state index contributed by atoms with van der Waals surface area (Å²) in [5, 5.41) is 0.925. The van der Waals surface area contributed by atoms with Gasteiger partial charge in [0.15, 0.2) is 0 Å². The molecule has 1 aromatic heterocycles. The maximum Gasteiger partial charge on any atom is 0.124 e. The summed E-state index contributed by atoms with van der Waals surface area (Å²) in [5.74, 6) is 0. The standard InChI is InChI=1S/C13H14N2OS2/c1-8-4-3-5-9(6-8)13-15-10(7-16-2)11(18-13)12(14)17/h3-6H,7H2,1-2H3,(H2,14,17). The second-order valence-corrected chi connectivity index (χ2v) is 5.40. The van der Waals surface area contributed by atoms with E-state index in [1.165, 1.54) is 16.9 Å².